The molecule has 46 heavy (non-hydrogen) atoms. The van der Waals surface area contributed by atoms with Gasteiger partial charge in [-0.3, -0.25) is 10.3 Å². The molecule has 0 unspecified atom stereocenters. The van der Waals surface area contributed by atoms with Gasteiger partial charge in [0.1, 0.15) is 6.61 Å². The lowest BCUT2D eigenvalue weighted by molar-refractivity contribution is 0.0873. The predicted molar refractivity (Wildman–Crippen MR) is 178 cm³/mol. The fraction of sp³-hybridized carbons (Fsp3) is 0.364. The van der Waals surface area contributed by atoms with Crippen LogP contribution in [-0.4, -0.2) is 82.4 Å². The van der Waals surface area contributed by atoms with E-state index in [1.54, 1.807) is 32.3 Å². The van der Waals surface area contributed by atoms with Crippen molar-refractivity contribution in [3.05, 3.63) is 102 Å². The van der Waals surface area contributed by atoms with Gasteiger partial charge in [0.05, 0.1) is 24.2 Å². The zero-order valence-electron chi connectivity index (χ0n) is 26.9. The van der Waals surface area contributed by atoms with E-state index in [-0.39, 0.29) is 30.5 Å². The Morgan fingerprint density at radius 1 is 0.870 bits per heavy atom. The molecule has 0 bridgehead atoms. The molecule has 250 valence electrons. The first-order valence-electron chi connectivity index (χ1n) is 14.7. The van der Waals surface area contributed by atoms with Gasteiger partial charge in [-0.1, -0.05) is 92.7 Å². The summed E-state index contributed by atoms with van der Waals surface area (Å²) in [5, 5.41) is 19.0. The lowest BCUT2D eigenvalue weighted by Crippen LogP contribution is -2.51. The number of rotatable bonds is 12. The Kier molecular flexibility index (Phi) is 16.3. The van der Waals surface area contributed by atoms with Gasteiger partial charge in [-0.2, -0.15) is 4.31 Å². The topological polar surface area (TPSA) is 159 Å². The van der Waals surface area contributed by atoms with Gasteiger partial charge in [-0.05, 0) is 35.6 Å². The van der Waals surface area contributed by atoms with E-state index in [4.69, 9.17) is 4.74 Å². The van der Waals surface area contributed by atoms with Crippen molar-refractivity contribution < 1.29 is 32.6 Å². The normalized spacial score (nSPS) is 12.7. The summed E-state index contributed by atoms with van der Waals surface area (Å²) in [5.41, 5.74) is 1.73. The van der Waals surface area contributed by atoms with E-state index >= 15 is 0 Å². The summed E-state index contributed by atoms with van der Waals surface area (Å²) in [5.74, 6) is 0.416. The number of hydrogen-bond donors (Lipinski definition) is 4. The van der Waals surface area contributed by atoms with Crippen LogP contribution in [0.4, 0.5) is 9.59 Å². The van der Waals surface area contributed by atoms with Crippen molar-refractivity contribution in [3.8, 4) is 0 Å². The molecule has 0 aromatic heterocycles. The number of nitrogens with one attached hydrogen (secondary N) is 3. The standard InChI is InChI=1S/C28H34N2O5S.C5H11N3O2/c1-22(2)19-30(36(33,34)25-16-10-5-11-17-25)20-27(31)26(18-23-12-6-3-7-13-23)29-28(32)35-21-24-14-8-4-9-15-24;1-6-4(7-2)8-5(9)10-3/h3-17,22,26-27,31H,18-21H2,1-2H3,(H,29,32);1-3H3,(H2,6,7,8,9)/t26-,27+;/m0./s1. The maximum Gasteiger partial charge on any atom is 0.413 e. The molecule has 2 atom stereocenters. The Balaban J connectivity index is 0.000000634. The first-order valence-corrected chi connectivity index (χ1v) is 16.2. The Morgan fingerprint density at radius 2 is 1.41 bits per heavy atom. The third-order valence-corrected chi connectivity index (χ3v) is 8.33. The molecule has 3 rings (SSSR count). The average molecular weight is 656 g/mol. The second-order valence-corrected chi connectivity index (χ2v) is 12.5. The minimum atomic E-state index is -3.84. The van der Waals surface area contributed by atoms with Crippen LogP contribution in [0.3, 0.4) is 0 Å². The summed E-state index contributed by atoms with van der Waals surface area (Å²) < 4.78 is 37.7. The molecule has 3 aromatic rings. The van der Waals surface area contributed by atoms with Crippen molar-refractivity contribution in [2.75, 3.05) is 34.3 Å². The highest BCUT2D eigenvalue weighted by molar-refractivity contribution is 7.89. The maximum absolute atomic E-state index is 13.4. The molecule has 13 heteroatoms. The summed E-state index contributed by atoms with van der Waals surface area (Å²) in [7, 11) is 0.655. The van der Waals surface area contributed by atoms with Crippen molar-refractivity contribution in [1.82, 2.24) is 20.3 Å². The quantitative estimate of drug-likeness (QED) is 0.170. The summed E-state index contributed by atoms with van der Waals surface area (Å²) in [6.45, 7) is 3.97. The summed E-state index contributed by atoms with van der Waals surface area (Å²) in [6.07, 6.45) is -2.08. The monoisotopic (exact) mass is 655 g/mol. The highest BCUT2D eigenvalue weighted by Gasteiger charge is 2.31. The number of hydrogen-bond acceptors (Lipinski definition) is 8. The van der Waals surface area contributed by atoms with Crippen LogP contribution in [0.25, 0.3) is 0 Å². The van der Waals surface area contributed by atoms with Crippen LogP contribution in [0.15, 0.2) is 101 Å². The second kappa shape index (κ2) is 19.8. The van der Waals surface area contributed by atoms with Gasteiger partial charge in [0.25, 0.3) is 0 Å². The predicted octanol–water partition coefficient (Wildman–Crippen LogP) is 3.78. The van der Waals surface area contributed by atoms with E-state index in [0.717, 1.165) is 11.1 Å². The number of aliphatic hydroxyl groups excluding tert-OH is 1. The molecule has 0 aliphatic rings. The number of nitrogens with zero attached hydrogens (tertiary/aromatic N) is 2. The number of aliphatic hydroxyl groups is 1. The highest BCUT2D eigenvalue weighted by atomic mass is 32.2. The number of guanidine groups is 1. The third kappa shape index (κ3) is 13.3. The number of carbonyl (C=O) groups is 2. The SMILES string of the molecule is CC(C)CN(C[C@@H](O)[C@H](Cc1ccccc1)NC(=O)OCc1ccccc1)S(=O)(=O)c1ccccc1.CN=C(NC)NC(=O)OC. The first kappa shape index (κ1) is 37.7. The van der Waals surface area contributed by atoms with Gasteiger partial charge in [0.2, 0.25) is 10.0 Å². The average Bonchev–Trinajstić information content (AvgIpc) is 3.07. The van der Waals surface area contributed by atoms with Crippen molar-refractivity contribution in [2.45, 2.75) is 43.9 Å². The molecule has 0 fully saturated rings. The Bertz CT molecular complexity index is 1460. The fourth-order valence-corrected chi connectivity index (χ4v) is 5.84. The van der Waals surface area contributed by atoms with Crippen molar-refractivity contribution in [2.24, 2.45) is 10.9 Å². The van der Waals surface area contributed by atoms with Crippen LogP contribution in [0.5, 0.6) is 0 Å². The molecular weight excluding hydrogens is 610 g/mol. The van der Waals surface area contributed by atoms with Gasteiger partial charge in [-0.25, -0.2) is 18.0 Å². The van der Waals surface area contributed by atoms with Crippen LogP contribution < -0.4 is 16.0 Å². The number of methoxy groups -OCH3 is 1. The highest BCUT2D eigenvalue weighted by Crippen LogP contribution is 2.19. The summed E-state index contributed by atoms with van der Waals surface area (Å²) >= 11 is 0. The van der Waals surface area contributed by atoms with E-state index in [9.17, 15) is 23.1 Å². The van der Waals surface area contributed by atoms with Gasteiger partial charge in [0.15, 0.2) is 5.96 Å². The van der Waals surface area contributed by atoms with Gasteiger partial charge in [-0.15, -0.1) is 0 Å². The molecule has 0 aliphatic carbocycles. The van der Waals surface area contributed by atoms with Crippen LogP contribution in [0.1, 0.15) is 25.0 Å². The van der Waals surface area contributed by atoms with E-state index in [1.807, 2.05) is 74.5 Å². The lowest BCUT2D eigenvalue weighted by Gasteiger charge is -2.30. The number of carbonyl (C=O) groups excluding carboxylic acids is 2. The number of ether oxygens (including phenoxy) is 2. The maximum atomic E-state index is 13.4. The van der Waals surface area contributed by atoms with Crippen LogP contribution in [0.2, 0.25) is 0 Å². The molecule has 0 saturated heterocycles. The first-order chi connectivity index (χ1) is 22.0. The smallest absolute Gasteiger partial charge is 0.413 e. The number of aliphatic imine (C=N–C) groups is 1. The molecule has 0 radical (unpaired) electrons. The van der Waals surface area contributed by atoms with E-state index in [1.165, 1.54) is 23.5 Å². The molecule has 0 aliphatic heterocycles. The number of sulfonamides is 1. The van der Waals surface area contributed by atoms with Crippen LogP contribution in [0, 0.1) is 5.92 Å². The molecule has 0 heterocycles. The molecule has 0 saturated carbocycles. The van der Waals surface area contributed by atoms with Crippen molar-refractivity contribution >= 4 is 28.2 Å². The van der Waals surface area contributed by atoms with Crippen molar-refractivity contribution in [1.29, 1.82) is 0 Å². The second-order valence-electron chi connectivity index (χ2n) is 10.5. The molecule has 12 nitrogen and oxygen atoms in total. The lowest BCUT2D eigenvalue weighted by atomic mass is 10.0. The Labute approximate surface area is 271 Å². The number of amides is 2. The zero-order valence-corrected chi connectivity index (χ0v) is 27.7. The summed E-state index contributed by atoms with van der Waals surface area (Å²) in [4.78, 5) is 27.0. The van der Waals surface area contributed by atoms with Crippen LogP contribution >= 0.6 is 0 Å². The minimum absolute atomic E-state index is 0.0343. The van der Waals surface area contributed by atoms with Crippen molar-refractivity contribution in [3.63, 3.8) is 0 Å². The van der Waals surface area contributed by atoms with Gasteiger partial charge < -0.3 is 25.2 Å². The van der Waals surface area contributed by atoms with Gasteiger partial charge in [0, 0.05) is 27.2 Å². The molecule has 2 amide bonds. The fourth-order valence-electron chi connectivity index (χ4n) is 4.20. The molecule has 4 N–H and O–H groups in total. The van der Waals surface area contributed by atoms with E-state index in [0.29, 0.717) is 12.4 Å². The van der Waals surface area contributed by atoms with E-state index < -0.39 is 34.4 Å². The molecular formula is C33H45N5O7S. The van der Waals surface area contributed by atoms with Gasteiger partial charge >= 0.3 is 12.2 Å². The Hall–Kier alpha value is -4.46. The molecule has 3 aromatic carbocycles. The zero-order chi connectivity index (χ0) is 34.0. The summed E-state index contributed by atoms with van der Waals surface area (Å²) in [6, 6.07) is 26.1. The van der Waals surface area contributed by atoms with Crippen LogP contribution in [-0.2, 0) is 32.5 Å². The Morgan fingerprint density at radius 3 is 1.91 bits per heavy atom. The number of alkyl carbamates (subject to hydrolysis) is 2. The third-order valence-electron chi connectivity index (χ3n) is 6.49. The number of benzene rings is 3. The minimum Gasteiger partial charge on any atom is -0.453 e. The molecule has 0 spiro atoms. The largest absolute Gasteiger partial charge is 0.453 e. The van der Waals surface area contributed by atoms with E-state index in [2.05, 4.69) is 25.7 Å².